The summed E-state index contributed by atoms with van der Waals surface area (Å²) in [6, 6.07) is 16.8. The lowest BCUT2D eigenvalue weighted by atomic mass is 10.1. The lowest BCUT2D eigenvalue weighted by Gasteiger charge is -2.11. The number of carbonyl (C=O) groups is 1. The number of urea groups is 1. The number of anilines is 3. The fourth-order valence-corrected chi connectivity index (χ4v) is 2.25. The molecule has 3 aromatic rings. The summed E-state index contributed by atoms with van der Waals surface area (Å²) >= 11 is 0. The summed E-state index contributed by atoms with van der Waals surface area (Å²) in [6.07, 6.45) is 0. The molecule has 4 N–H and O–H groups in total. The molecule has 3 rings (SSSR count). The minimum absolute atomic E-state index is 0.0396. The largest absolute Gasteiger partial charge is 0.399 e. The van der Waals surface area contributed by atoms with E-state index in [1.807, 2.05) is 36.4 Å². The minimum Gasteiger partial charge on any atom is -0.399 e. The zero-order valence-corrected chi connectivity index (χ0v) is 11.6. The van der Waals surface area contributed by atoms with Gasteiger partial charge in [-0.05, 0) is 29.7 Å². The third-order valence-corrected chi connectivity index (χ3v) is 3.28. The van der Waals surface area contributed by atoms with Crippen LogP contribution in [0, 0.1) is 5.82 Å². The summed E-state index contributed by atoms with van der Waals surface area (Å²) in [5.41, 5.74) is 6.66. The molecule has 110 valence electrons. The van der Waals surface area contributed by atoms with Crippen LogP contribution in [0.2, 0.25) is 0 Å². The first-order valence-corrected chi connectivity index (χ1v) is 6.74. The maximum absolute atomic E-state index is 13.6. The first-order valence-electron chi connectivity index (χ1n) is 6.74. The van der Waals surface area contributed by atoms with E-state index in [0.29, 0.717) is 11.4 Å². The van der Waals surface area contributed by atoms with Gasteiger partial charge in [0.05, 0.1) is 11.4 Å². The predicted octanol–water partition coefficient (Wildman–Crippen LogP) is 4.21. The van der Waals surface area contributed by atoms with E-state index in [1.54, 1.807) is 6.07 Å². The van der Waals surface area contributed by atoms with E-state index in [1.165, 1.54) is 18.2 Å². The molecule has 22 heavy (non-hydrogen) atoms. The van der Waals surface area contributed by atoms with Crippen LogP contribution in [0.5, 0.6) is 0 Å². The molecule has 0 spiro atoms. The van der Waals surface area contributed by atoms with Crippen LogP contribution in [0.15, 0.2) is 60.7 Å². The quantitative estimate of drug-likeness (QED) is 0.620. The minimum atomic E-state index is -0.540. The highest BCUT2D eigenvalue weighted by molar-refractivity contribution is 6.06. The fourth-order valence-electron chi connectivity index (χ4n) is 2.25. The smallest absolute Gasteiger partial charge is 0.323 e. The van der Waals surface area contributed by atoms with E-state index in [9.17, 15) is 9.18 Å². The number of nitrogens with two attached hydrogens (primary N) is 1. The monoisotopic (exact) mass is 295 g/mol. The van der Waals surface area contributed by atoms with Gasteiger partial charge < -0.3 is 16.4 Å². The number of nitrogens with one attached hydrogen (secondary N) is 2. The number of rotatable bonds is 2. The van der Waals surface area contributed by atoms with Gasteiger partial charge in [0.1, 0.15) is 5.82 Å². The van der Waals surface area contributed by atoms with Gasteiger partial charge >= 0.3 is 6.03 Å². The summed E-state index contributed by atoms with van der Waals surface area (Å²) in [5.74, 6) is -0.540. The Labute approximate surface area is 126 Å². The third kappa shape index (κ3) is 2.83. The molecular formula is C17H14FN3O. The average Bonchev–Trinajstić information content (AvgIpc) is 2.51. The van der Waals surface area contributed by atoms with Crippen molar-refractivity contribution in [2.45, 2.75) is 0 Å². The van der Waals surface area contributed by atoms with Crippen LogP contribution in [-0.2, 0) is 0 Å². The van der Waals surface area contributed by atoms with Crippen molar-refractivity contribution in [3.63, 3.8) is 0 Å². The van der Waals surface area contributed by atoms with E-state index in [2.05, 4.69) is 10.6 Å². The van der Waals surface area contributed by atoms with Crippen LogP contribution in [0.3, 0.4) is 0 Å². The van der Waals surface area contributed by atoms with Gasteiger partial charge in [0.15, 0.2) is 0 Å². The van der Waals surface area contributed by atoms with Crippen molar-refractivity contribution in [3.05, 3.63) is 66.5 Å². The van der Waals surface area contributed by atoms with E-state index in [-0.39, 0.29) is 5.69 Å². The number of benzene rings is 3. The predicted molar refractivity (Wildman–Crippen MR) is 87.4 cm³/mol. The second kappa shape index (κ2) is 5.73. The molecule has 4 nitrogen and oxygen atoms in total. The van der Waals surface area contributed by atoms with Crippen LogP contribution in [-0.4, -0.2) is 6.03 Å². The molecule has 0 aliphatic rings. The number of fused-ring (bicyclic) bond motifs is 1. The molecule has 0 atom stereocenters. The molecule has 0 aliphatic heterocycles. The molecule has 0 aromatic heterocycles. The molecule has 3 aromatic carbocycles. The highest BCUT2D eigenvalue weighted by atomic mass is 19.1. The zero-order chi connectivity index (χ0) is 15.5. The van der Waals surface area contributed by atoms with E-state index in [4.69, 9.17) is 5.73 Å². The van der Waals surface area contributed by atoms with Crippen LogP contribution in [0.1, 0.15) is 0 Å². The van der Waals surface area contributed by atoms with Crippen molar-refractivity contribution in [2.75, 3.05) is 16.4 Å². The summed E-state index contributed by atoms with van der Waals surface area (Å²) in [6.45, 7) is 0. The molecule has 0 radical (unpaired) electrons. The molecular weight excluding hydrogens is 281 g/mol. The standard InChI is InChI=1S/C17H14FN3O/c18-14-9-8-12(19)10-16(14)21-17(22)20-15-7-3-5-11-4-1-2-6-13(11)15/h1-10H,19H2,(H2,20,21,22). The normalized spacial score (nSPS) is 10.4. The van der Waals surface area contributed by atoms with Crippen LogP contribution < -0.4 is 16.4 Å². The number of hydrogen-bond acceptors (Lipinski definition) is 2. The second-order valence-corrected chi connectivity index (χ2v) is 4.85. The maximum Gasteiger partial charge on any atom is 0.323 e. The SMILES string of the molecule is Nc1ccc(F)c(NC(=O)Nc2cccc3ccccc23)c1. The Bertz CT molecular complexity index is 843. The van der Waals surface area contributed by atoms with Gasteiger partial charge in [0, 0.05) is 11.1 Å². The van der Waals surface area contributed by atoms with Gasteiger partial charge in [-0.2, -0.15) is 0 Å². The Hall–Kier alpha value is -3.08. The van der Waals surface area contributed by atoms with E-state index >= 15 is 0 Å². The lowest BCUT2D eigenvalue weighted by Crippen LogP contribution is -2.20. The molecule has 0 fully saturated rings. The van der Waals surface area contributed by atoms with E-state index in [0.717, 1.165) is 10.8 Å². The van der Waals surface area contributed by atoms with Gasteiger partial charge in [-0.1, -0.05) is 36.4 Å². The fraction of sp³-hybridized carbons (Fsp3) is 0. The Kier molecular flexibility index (Phi) is 3.62. The van der Waals surface area contributed by atoms with Gasteiger partial charge in [0.25, 0.3) is 0 Å². The second-order valence-electron chi connectivity index (χ2n) is 4.85. The van der Waals surface area contributed by atoms with Gasteiger partial charge in [-0.15, -0.1) is 0 Å². The molecule has 0 saturated heterocycles. The Balaban J connectivity index is 1.83. The Morgan fingerprint density at radius 2 is 1.64 bits per heavy atom. The van der Waals surface area contributed by atoms with Crippen molar-refractivity contribution in [1.82, 2.24) is 0 Å². The molecule has 0 heterocycles. The lowest BCUT2D eigenvalue weighted by molar-refractivity contribution is 0.262. The molecule has 2 amide bonds. The molecule has 0 bridgehead atoms. The summed E-state index contributed by atoms with van der Waals surface area (Å²) in [4.78, 5) is 12.1. The highest BCUT2D eigenvalue weighted by Crippen LogP contribution is 2.23. The maximum atomic E-state index is 13.6. The topological polar surface area (TPSA) is 67.1 Å². The Morgan fingerprint density at radius 1 is 0.909 bits per heavy atom. The van der Waals surface area contributed by atoms with E-state index < -0.39 is 11.8 Å². The number of carbonyl (C=O) groups excluding carboxylic acids is 1. The number of halogens is 1. The third-order valence-electron chi connectivity index (χ3n) is 3.28. The number of amides is 2. The average molecular weight is 295 g/mol. The van der Waals surface area contributed by atoms with Crippen molar-refractivity contribution in [3.8, 4) is 0 Å². The van der Waals surface area contributed by atoms with Crippen molar-refractivity contribution in [2.24, 2.45) is 0 Å². The van der Waals surface area contributed by atoms with Crippen molar-refractivity contribution < 1.29 is 9.18 Å². The zero-order valence-electron chi connectivity index (χ0n) is 11.6. The van der Waals surface area contributed by atoms with Gasteiger partial charge in [0.2, 0.25) is 0 Å². The number of hydrogen-bond donors (Lipinski definition) is 3. The van der Waals surface area contributed by atoms with Crippen molar-refractivity contribution >= 4 is 33.9 Å². The van der Waals surface area contributed by atoms with Gasteiger partial charge in [-0.25, -0.2) is 9.18 Å². The summed E-state index contributed by atoms with van der Waals surface area (Å²) in [7, 11) is 0. The summed E-state index contributed by atoms with van der Waals surface area (Å²) < 4.78 is 13.6. The highest BCUT2D eigenvalue weighted by Gasteiger charge is 2.09. The van der Waals surface area contributed by atoms with Gasteiger partial charge in [-0.3, -0.25) is 0 Å². The molecule has 0 saturated carbocycles. The molecule has 5 heteroatoms. The van der Waals surface area contributed by atoms with Crippen LogP contribution >= 0.6 is 0 Å². The number of nitrogen functional groups attached to an aromatic ring is 1. The molecule has 0 aliphatic carbocycles. The van der Waals surface area contributed by atoms with Crippen LogP contribution in [0.4, 0.5) is 26.2 Å². The Morgan fingerprint density at radius 3 is 2.50 bits per heavy atom. The first kappa shape index (κ1) is 13.9. The summed E-state index contributed by atoms with van der Waals surface area (Å²) in [5, 5.41) is 7.10. The first-order chi connectivity index (χ1) is 10.6. The van der Waals surface area contributed by atoms with Crippen molar-refractivity contribution in [1.29, 1.82) is 0 Å². The van der Waals surface area contributed by atoms with Crippen LogP contribution in [0.25, 0.3) is 10.8 Å². The molecule has 0 unspecified atom stereocenters.